The van der Waals surface area contributed by atoms with Crippen LogP contribution in [0, 0.1) is 5.95 Å². The molecule has 22 heavy (non-hydrogen) atoms. The second-order valence-electron chi connectivity index (χ2n) is 5.20. The summed E-state index contributed by atoms with van der Waals surface area (Å²) in [5.41, 5.74) is 0. The summed E-state index contributed by atoms with van der Waals surface area (Å²) in [5, 5.41) is 0. The Balaban J connectivity index is 1.62. The molecule has 0 radical (unpaired) electrons. The monoisotopic (exact) mass is 331 g/mol. The summed E-state index contributed by atoms with van der Waals surface area (Å²) in [6, 6.07) is 4.30. The van der Waals surface area contributed by atoms with Crippen LogP contribution >= 0.6 is 0 Å². The van der Waals surface area contributed by atoms with Gasteiger partial charge in [-0.2, -0.15) is 26.4 Å². The van der Waals surface area contributed by atoms with Crippen LogP contribution in [0.15, 0.2) is 18.2 Å². The molecule has 0 aliphatic carbocycles. The van der Waals surface area contributed by atoms with Crippen molar-refractivity contribution in [1.29, 1.82) is 0 Å². The fraction of sp³-hybridized carbons (Fsp3) is 0.615. The third-order valence-corrected chi connectivity index (χ3v) is 5.71. The summed E-state index contributed by atoms with van der Waals surface area (Å²) in [6.07, 6.45) is 0.243. The van der Waals surface area contributed by atoms with E-state index in [-0.39, 0.29) is 18.5 Å². The Labute approximate surface area is 128 Å². The van der Waals surface area contributed by atoms with Crippen LogP contribution in [-0.4, -0.2) is 67.5 Å². The summed E-state index contributed by atoms with van der Waals surface area (Å²) in [5.74, 6) is -0.441. The van der Waals surface area contributed by atoms with E-state index in [4.69, 9.17) is 9.47 Å². The Morgan fingerprint density at radius 2 is 2.00 bits per heavy atom. The molecule has 122 valence electrons. The second kappa shape index (κ2) is 6.45. The van der Waals surface area contributed by atoms with Gasteiger partial charge in [-0.1, -0.05) is 6.07 Å². The average Bonchev–Trinajstić information content (AvgIpc) is 2.97. The first-order valence-electron chi connectivity index (χ1n) is 7.18. The lowest BCUT2D eigenvalue weighted by molar-refractivity contribution is 0.0703. The van der Waals surface area contributed by atoms with Crippen molar-refractivity contribution < 1.29 is 22.3 Å². The minimum atomic E-state index is -3.48. The van der Waals surface area contributed by atoms with E-state index in [1.54, 1.807) is 6.07 Å². The molecular weight excluding hydrogens is 313 g/mol. The normalized spacial score (nSPS) is 24.5. The predicted molar refractivity (Wildman–Crippen MR) is 76.1 cm³/mol. The number of rotatable bonds is 4. The van der Waals surface area contributed by atoms with E-state index in [0.29, 0.717) is 39.3 Å². The van der Waals surface area contributed by atoms with Crippen molar-refractivity contribution in [3.05, 3.63) is 24.1 Å². The molecule has 1 aromatic rings. The van der Waals surface area contributed by atoms with Crippen molar-refractivity contribution >= 4 is 10.2 Å². The maximum Gasteiger partial charge on any atom is 0.282 e. The minimum Gasteiger partial charge on any atom is -0.473 e. The molecule has 2 fully saturated rings. The van der Waals surface area contributed by atoms with E-state index in [2.05, 4.69) is 4.98 Å². The summed E-state index contributed by atoms with van der Waals surface area (Å²) >= 11 is 0. The zero-order chi connectivity index (χ0) is 15.6. The van der Waals surface area contributed by atoms with Gasteiger partial charge in [-0.3, -0.25) is 0 Å². The van der Waals surface area contributed by atoms with Gasteiger partial charge in [-0.15, -0.1) is 0 Å². The molecule has 3 rings (SSSR count). The van der Waals surface area contributed by atoms with Gasteiger partial charge in [0.25, 0.3) is 10.2 Å². The molecule has 0 bridgehead atoms. The minimum absolute atomic E-state index is 0.177. The quantitative estimate of drug-likeness (QED) is 0.740. The second-order valence-corrected chi connectivity index (χ2v) is 7.13. The number of hydrogen-bond acceptors (Lipinski definition) is 5. The number of hydrogen-bond donors (Lipinski definition) is 0. The Bertz CT molecular complexity index is 621. The van der Waals surface area contributed by atoms with Gasteiger partial charge in [0.15, 0.2) is 0 Å². The molecule has 1 unspecified atom stereocenters. The topological polar surface area (TPSA) is 72.0 Å². The number of morpholine rings is 1. The van der Waals surface area contributed by atoms with E-state index < -0.39 is 16.2 Å². The van der Waals surface area contributed by atoms with Gasteiger partial charge in [-0.05, 0) is 12.5 Å². The Morgan fingerprint density at radius 3 is 2.73 bits per heavy atom. The summed E-state index contributed by atoms with van der Waals surface area (Å²) in [7, 11) is -3.48. The molecular formula is C13H18FN3O4S. The number of halogens is 1. The van der Waals surface area contributed by atoms with Crippen LogP contribution in [0.5, 0.6) is 5.88 Å². The van der Waals surface area contributed by atoms with Gasteiger partial charge < -0.3 is 9.47 Å². The molecule has 0 amide bonds. The Hall–Kier alpha value is -1.29. The van der Waals surface area contributed by atoms with Gasteiger partial charge in [0.2, 0.25) is 11.8 Å². The molecule has 0 N–H and O–H groups in total. The van der Waals surface area contributed by atoms with Crippen molar-refractivity contribution in [1.82, 2.24) is 13.6 Å². The Morgan fingerprint density at radius 1 is 1.23 bits per heavy atom. The predicted octanol–water partition coefficient (Wildman–Crippen LogP) is 0.251. The molecule has 1 aromatic heterocycles. The van der Waals surface area contributed by atoms with Gasteiger partial charge in [-0.25, -0.2) is 0 Å². The molecule has 7 nitrogen and oxygen atoms in total. The first kappa shape index (κ1) is 15.6. The fourth-order valence-corrected chi connectivity index (χ4v) is 4.20. The van der Waals surface area contributed by atoms with Crippen molar-refractivity contribution in [3.8, 4) is 5.88 Å². The third-order valence-electron chi connectivity index (χ3n) is 3.71. The highest BCUT2D eigenvalue weighted by molar-refractivity contribution is 7.86. The number of ether oxygens (including phenoxy) is 2. The summed E-state index contributed by atoms with van der Waals surface area (Å²) in [6.45, 7) is 2.21. The number of nitrogens with zero attached hydrogens (tertiary/aromatic N) is 3. The highest BCUT2D eigenvalue weighted by atomic mass is 32.2. The molecule has 2 aliphatic heterocycles. The zero-order valence-corrected chi connectivity index (χ0v) is 12.8. The molecule has 2 aliphatic rings. The van der Waals surface area contributed by atoms with Crippen LogP contribution < -0.4 is 4.74 Å². The van der Waals surface area contributed by atoms with Gasteiger partial charge >= 0.3 is 0 Å². The van der Waals surface area contributed by atoms with E-state index >= 15 is 0 Å². The van der Waals surface area contributed by atoms with Crippen molar-refractivity contribution in [2.24, 2.45) is 0 Å². The van der Waals surface area contributed by atoms with Gasteiger partial charge in [0, 0.05) is 25.7 Å². The molecule has 9 heteroatoms. The van der Waals surface area contributed by atoms with E-state index in [9.17, 15) is 12.8 Å². The van der Waals surface area contributed by atoms with Crippen molar-refractivity contribution in [3.63, 3.8) is 0 Å². The molecule has 1 atom stereocenters. The molecule has 0 saturated carbocycles. The summed E-state index contributed by atoms with van der Waals surface area (Å²) < 4.78 is 51.6. The van der Waals surface area contributed by atoms with Crippen LogP contribution in [-0.2, 0) is 14.9 Å². The first-order valence-corrected chi connectivity index (χ1v) is 8.57. The zero-order valence-electron chi connectivity index (χ0n) is 12.0. The fourth-order valence-electron chi connectivity index (χ4n) is 2.57. The van der Waals surface area contributed by atoms with Crippen LogP contribution in [0.2, 0.25) is 0 Å². The van der Waals surface area contributed by atoms with E-state index in [0.717, 1.165) is 0 Å². The summed E-state index contributed by atoms with van der Waals surface area (Å²) in [4.78, 5) is 3.63. The van der Waals surface area contributed by atoms with Crippen molar-refractivity contribution in [2.75, 3.05) is 39.4 Å². The van der Waals surface area contributed by atoms with Gasteiger partial charge in [0.05, 0.1) is 19.8 Å². The van der Waals surface area contributed by atoms with Crippen LogP contribution in [0.25, 0.3) is 0 Å². The molecule has 2 saturated heterocycles. The van der Waals surface area contributed by atoms with Crippen LogP contribution in [0.3, 0.4) is 0 Å². The number of pyridine rings is 1. The lowest BCUT2D eigenvalue weighted by Crippen LogP contribution is -2.48. The lowest BCUT2D eigenvalue weighted by Gasteiger charge is -2.29. The first-order chi connectivity index (χ1) is 10.6. The highest BCUT2D eigenvalue weighted by Crippen LogP contribution is 2.21. The van der Waals surface area contributed by atoms with Crippen LogP contribution in [0.4, 0.5) is 4.39 Å². The highest BCUT2D eigenvalue weighted by Gasteiger charge is 2.37. The smallest absolute Gasteiger partial charge is 0.282 e. The standard InChI is InChI=1S/C13H18FN3O4S/c14-12-2-1-3-13(15-12)21-11-4-5-17(10-11)22(18,19)16-6-8-20-9-7-16/h1-3,11H,4-10H2. The van der Waals surface area contributed by atoms with Crippen molar-refractivity contribution in [2.45, 2.75) is 12.5 Å². The van der Waals surface area contributed by atoms with E-state index in [1.807, 2.05) is 0 Å². The van der Waals surface area contributed by atoms with Crippen LogP contribution in [0.1, 0.15) is 6.42 Å². The average molecular weight is 331 g/mol. The molecule has 0 spiro atoms. The molecule has 0 aromatic carbocycles. The maximum absolute atomic E-state index is 13.0. The SMILES string of the molecule is O=S(=O)(N1CCOCC1)N1CCC(Oc2cccc(F)n2)C1. The third kappa shape index (κ3) is 3.37. The Kier molecular flexibility index (Phi) is 4.57. The lowest BCUT2D eigenvalue weighted by atomic mass is 10.3. The van der Waals surface area contributed by atoms with E-state index in [1.165, 1.54) is 20.7 Å². The number of aromatic nitrogens is 1. The molecule has 3 heterocycles. The maximum atomic E-state index is 13.0. The van der Waals surface area contributed by atoms with Gasteiger partial charge in [0.1, 0.15) is 6.10 Å². The largest absolute Gasteiger partial charge is 0.473 e.